The third-order valence-electron chi connectivity index (χ3n) is 6.15. The maximum absolute atomic E-state index is 8.56. The molecule has 0 saturated heterocycles. The fourth-order valence-corrected chi connectivity index (χ4v) is 3.95. The number of benzene rings is 3. The Morgan fingerprint density at radius 1 is 0.949 bits per heavy atom. The second-order valence-corrected chi connectivity index (χ2v) is 9.22. The monoisotopic (exact) mass is 511 g/mol. The number of anilines is 1. The van der Waals surface area contributed by atoms with Crippen molar-refractivity contribution in [3.8, 4) is 30.2 Å². The number of terminal acetylenes is 1. The largest absolute Gasteiger partial charge is 0.366 e. The van der Waals surface area contributed by atoms with Crippen molar-refractivity contribution < 1.29 is 0 Å². The van der Waals surface area contributed by atoms with E-state index in [1.54, 1.807) is 6.07 Å². The van der Waals surface area contributed by atoms with Crippen molar-refractivity contribution in [1.82, 2.24) is 14.6 Å². The molecule has 0 unspecified atom stereocenters. The number of aromatic nitrogens is 3. The summed E-state index contributed by atoms with van der Waals surface area (Å²) >= 11 is 0. The Morgan fingerprint density at radius 2 is 1.67 bits per heavy atom. The van der Waals surface area contributed by atoms with E-state index in [0.717, 1.165) is 46.0 Å². The van der Waals surface area contributed by atoms with Crippen molar-refractivity contribution in [2.24, 2.45) is 0 Å². The molecular formula is C34H33N5. The van der Waals surface area contributed by atoms with Gasteiger partial charge in [-0.15, -0.1) is 12.8 Å². The minimum Gasteiger partial charge on any atom is -0.366 e. The predicted octanol–water partition coefficient (Wildman–Crippen LogP) is 7.77. The highest BCUT2D eigenvalue weighted by Crippen LogP contribution is 2.26. The molecule has 5 nitrogen and oxygen atoms in total. The van der Waals surface area contributed by atoms with E-state index >= 15 is 0 Å². The van der Waals surface area contributed by atoms with E-state index in [2.05, 4.69) is 104 Å². The Morgan fingerprint density at radius 3 is 2.33 bits per heavy atom. The number of hydrogen-bond donors (Lipinski definition) is 1. The van der Waals surface area contributed by atoms with E-state index in [0.29, 0.717) is 5.56 Å². The Hall–Kier alpha value is -5.13. The Bertz CT molecular complexity index is 1630. The number of hydrogen-bond acceptors (Lipinski definition) is 4. The SMILES string of the molecule is C#C.C=C(C)c1cccc(C#N)c1.Cc1ccc(CNc2cc(-c3ccccc3C)nc3c(C)cnn23)cc1. The minimum atomic E-state index is 0.686. The second kappa shape index (κ2) is 13.4. The Balaban J connectivity index is 0.000000272. The van der Waals surface area contributed by atoms with E-state index in [1.165, 1.54) is 16.7 Å². The number of rotatable bonds is 5. The van der Waals surface area contributed by atoms with Gasteiger partial charge in [0.25, 0.3) is 0 Å². The van der Waals surface area contributed by atoms with Gasteiger partial charge in [0.2, 0.25) is 0 Å². The molecule has 5 heteroatoms. The molecular weight excluding hydrogens is 478 g/mol. The lowest BCUT2D eigenvalue weighted by Gasteiger charge is -2.12. The highest BCUT2D eigenvalue weighted by atomic mass is 15.3. The summed E-state index contributed by atoms with van der Waals surface area (Å²) in [6.07, 6.45) is 9.86. The molecule has 2 heterocycles. The first kappa shape index (κ1) is 28.4. The van der Waals surface area contributed by atoms with Gasteiger partial charge in [0.15, 0.2) is 5.65 Å². The van der Waals surface area contributed by atoms with Crippen LogP contribution in [0.1, 0.15) is 40.3 Å². The van der Waals surface area contributed by atoms with Gasteiger partial charge in [-0.3, -0.25) is 0 Å². The van der Waals surface area contributed by atoms with Crippen LogP contribution in [-0.2, 0) is 6.54 Å². The van der Waals surface area contributed by atoms with Crippen LogP contribution in [0.3, 0.4) is 0 Å². The van der Waals surface area contributed by atoms with Crippen molar-refractivity contribution in [1.29, 1.82) is 5.26 Å². The average molecular weight is 512 g/mol. The molecule has 0 atom stereocenters. The molecule has 0 aliphatic carbocycles. The molecule has 0 radical (unpaired) electrons. The molecule has 194 valence electrons. The van der Waals surface area contributed by atoms with Crippen molar-refractivity contribution in [3.63, 3.8) is 0 Å². The lowest BCUT2D eigenvalue weighted by Crippen LogP contribution is -2.07. The molecule has 3 aromatic carbocycles. The molecule has 0 saturated carbocycles. The van der Waals surface area contributed by atoms with Crippen LogP contribution in [-0.4, -0.2) is 14.6 Å². The van der Waals surface area contributed by atoms with E-state index in [1.807, 2.05) is 42.8 Å². The van der Waals surface area contributed by atoms with Gasteiger partial charge >= 0.3 is 0 Å². The minimum absolute atomic E-state index is 0.686. The molecule has 0 bridgehead atoms. The summed E-state index contributed by atoms with van der Waals surface area (Å²) in [5.74, 6) is 0.946. The summed E-state index contributed by atoms with van der Waals surface area (Å²) in [5.41, 5.74) is 10.5. The quantitative estimate of drug-likeness (QED) is 0.245. The number of allylic oxidation sites excluding steroid dienone is 1. The fourth-order valence-electron chi connectivity index (χ4n) is 3.95. The third kappa shape index (κ3) is 7.22. The lowest BCUT2D eigenvalue weighted by atomic mass is 10.1. The van der Waals surface area contributed by atoms with Gasteiger partial charge in [-0.25, -0.2) is 4.98 Å². The molecule has 0 spiro atoms. The number of nitriles is 1. The van der Waals surface area contributed by atoms with Gasteiger partial charge in [0.05, 0.1) is 23.5 Å². The lowest BCUT2D eigenvalue weighted by molar-refractivity contribution is 0.926. The van der Waals surface area contributed by atoms with Crippen LogP contribution in [0.2, 0.25) is 0 Å². The third-order valence-corrected chi connectivity index (χ3v) is 6.15. The van der Waals surface area contributed by atoms with Gasteiger partial charge < -0.3 is 5.32 Å². The van der Waals surface area contributed by atoms with Crippen LogP contribution in [0.4, 0.5) is 5.82 Å². The van der Waals surface area contributed by atoms with Gasteiger partial charge in [0.1, 0.15) is 5.82 Å². The van der Waals surface area contributed by atoms with Crippen molar-refractivity contribution in [2.75, 3.05) is 5.32 Å². The number of nitrogens with zero attached hydrogens (tertiary/aromatic N) is 4. The molecule has 2 aromatic heterocycles. The van der Waals surface area contributed by atoms with Crippen LogP contribution in [0, 0.1) is 44.9 Å². The zero-order valence-corrected chi connectivity index (χ0v) is 22.9. The highest BCUT2D eigenvalue weighted by molar-refractivity contribution is 5.70. The number of aryl methyl sites for hydroxylation is 3. The van der Waals surface area contributed by atoms with Crippen LogP contribution in [0.15, 0.2) is 91.6 Å². The summed E-state index contributed by atoms with van der Waals surface area (Å²) in [7, 11) is 0. The van der Waals surface area contributed by atoms with Crippen molar-refractivity contribution >= 4 is 17.0 Å². The smallest absolute Gasteiger partial charge is 0.160 e. The standard InChI is InChI=1S/C22H22N4.C10H9N.C2H2/c1-15-8-10-18(11-9-15)14-23-21-12-20(19-7-5-4-6-16(19)2)25-22-17(3)13-24-26(21)22;1-8(2)10-5-3-4-9(6-10)7-11;1-2/h4-13,23H,14H2,1-3H3;3-6H,1H2,2H3;1-2H. The van der Waals surface area contributed by atoms with E-state index in [-0.39, 0.29) is 0 Å². The Labute approximate surface area is 231 Å². The molecule has 39 heavy (non-hydrogen) atoms. The molecule has 1 N–H and O–H groups in total. The van der Waals surface area contributed by atoms with Gasteiger partial charge in [-0.05, 0) is 56.5 Å². The van der Waals surface area contributed by atoms with Crippen LogP contribution in [0.5, 0.6) is 0 Å². The summed E-state index contributed by atoms with van der Waals surface area (Å²) < 4.78 is 1.88. The van der Waals surface area contributed by atoms with E-state index < -0.39 is 0 Å². The summed E-state index contributed by atoms with van der Waals surface area (Å²) in [4.78, 5) is 4.85. The molecule has 0 amide bonds. The molecule has 5 aromatic rings. The topological polar surface area (TPSA) is 66.0 Å². The number of nitrogens with one attached hydrogen (secondary N) is 1. The maximum atomic E-state index is 8.56. The maximum Gasteiger partial charge on any atom is 0.160 e. The zero-order valence-electron chi connectivity index (χ0n) is 22.9. The highest BCUT2D eigenvalue weighted by Gasteiger charge is 2.12. The van der Waals surface area contributed by atoms with Gasteiger partial charge in [0, 0.05) is 23.7 Å². The first-order valence-corrected chi connectivity index (χ1v) is 12.6. The fraction of sp³-hybridized carbons (Fsp3) is 0.147. The van der Waals surface area contributed by atoms with Crippen molar-refractivity contribution in [3.05, 3.63) is 125 Å². The molecule has 0 fully saturated rings. The Kier molecular flexibility index (Phi) is 9.79. The zero-order chi connectivity index (χ0) is 28.4. The first-order valence-electron chi connectivity index (χ1n) is 12.6. The normalized spacial score (nSPS) is 9.87. The average Bonchev–Trinajstić information content (AvgIpc) is 3.34. The van der Waals surface area contributed by atoms with Crippen LogP contribution in [0.25, 0.3) is 22.5 Å². The van der Waals surface area contributed by atoms with Gasteiger partial charge in [-0.2, -0.15) is 14.9 Å². The van der Waals surface area contributed by atoms with Crippen molar-refractivity contribution in [2.45, 2.75) is 34.2 Å². The molecule has 5 rings (SSSR count). The van der Waals surface area contributed by atoms with E-state index in [9.17, 15) is 0 Å². The predicted molar refractivity (Wildman–Crippen MR) is 162 cm³/mol. The first-order chi connectivity index (χ1) is 18.9. The van der Waals surface area contributed by atoms with Gasteiger partial charge in [-0.1, -0.05) is 78.4 Å². The summed E-state index contributed by atoms with van der Waals surface area (Å²) in [5, 5.41) is 16.6. The summed E-state index contributed by atoms with van der Waals surface area (Å²) in [6.45, 7) is 12.7. The second-order valence-electron chi connectivity index (χ2n) is 9.22. The van der Waals surface area contributed by atoms with Crippen LogP contribution >= 0.6 is 0 Å². The van der Waals surface area contributed by atoms with E-state index in [4.69, 9.17) is 10.2 Å². The number of fused-ring (bicyclic) bond motifs is 1. The molecule has 0 aliphatic heterocycles. The molecule has 0 aliphatic rings. The van der Waals surface area contributed by atoms with Crippen LogP contribution < -0.4 is 5.32 Å². The summed E-state index contributed by atoms with van der Waals surface area (Å²) in [6, 6.07) is 28.5.